The summed E-state index contributed by atoms with van der Waals surface area (Å²) in [5.74, 6) is -1.43. The molecule has 1 rings (SSSR count). The molecule has 0 spiro atoms. The molecule has 1 atom stereocenters. The van der Waals surface area contributed by atoms with Gasteiger partial charge >= 0.3 is 5.97 Å². The van der Waals surface area contributed by atoms with Crippen molar-refractivity contribution in [3.8, 4) is 0 Å². The summed E-state index contributed by atoms with van der Waals surface area (Å²) in [6, 6.07) is 0.750. The summed E-state index contributed by atoms with van der Waals surface area (Å²) in [6.45, 7) is 0.468. The lowest BCUT2D eigenvalue weighted by molar-refractivity contribution is -0.139. The van der Waals surface area contributed by atoms with Gasteiger partial charge in [-0.1, -0.05) is 0 Å². The van der Waals surface area contributed by atoms with E-state index in [1.54, 1.807) is 13.2 Å². The third-order valence-corrected chi connectivity index (χ3v) is 5.57. The quantitative estimate of drug-likeness (QED) is 0.672. The van der Waals surface area contributed by atoms with Crippen molar-refractivity contribution in [3.63, 3.8) is 0 Å². The molecule has 8 heteroatoms. The summed E-state index contributed by atoms with van der Waals surface area (Å²) < 4.78 is 6.43. The summed E-state index contributed by atoms with van der Waals surface area (Å²) in [7, 11) is 1.55. The number of ether oxygens (including phenoxy) is 1. The Morgan fingerprint density at radius 2 is 2.21 bits per heavy atom. The minimum absolute atomic E-state index is 0.336. The van der Waals surface area contributed by atoms with Gasteiger partial charge in [0.15, 0.2) is 0 Å². The Labute approximate surface area is 131 Å². The van der Waals surface area contributed by atoms with E-state index in [-0.39, 0.29) is 5.91 Å². The Balaban J connectivity index is 2.63. The molecule has 0 aliphatic carbocycles. The van der Waals surface area contributed by atoms with Crippen molar-refractivity contribution in [1.82, 2.24) is 5.32 Å². The van der Waals surface area contributed by atoms with Gasteiger partial charge in [0.2, 0.25) is 0 Å². The largest absolute Gasteiger partial charge is 0.480 e. The molecule has 0 bridgehead atoms. The van der Waals surface area contributed by atoms with Gasteiger partial charge in [-0.2, -0.15) is 0 Å². The van der Waals surface area contributed by atoms with Crippen molar-refractivity contribution in [1.29, 1.82) is 0 Å². The Bertz CT molecular complexity index is 444. The van der Waals surface area contributed by atoms with Crippen LogP contribution in [0.25, 0.3) is 0 Å². The topological polar surface area (TPSA) is 75.6 Å². The van der Waals surface area contributed by atoms with Crippen molar-refractivity contribution in [3.05, 3.63) is 19.2 Å². The average molecular weight is 415 g/mol. The Hall–Kier alpha value is -0.440. The zero-order chi connectivity index (χ0) is 14.4. The van der Waals surface area contributed by atoms with Crippen LogP contribution in [-0.4, -0.2) is 36.7 Å². The van der Waals surface area contributed by atoms with Crippen LogP contribution in [-0.2, 0) is 9.53 Å². The van der Waals surface area contributed by atoms with Crippen LogP contribution in [0.1, 0.15) is 22.5 Å². The Morgan fingerprint density at radius 3 is 2.68 bits per heavy atom. The van der Waals surface area contributed by atoms with Gasteiger partial charge in [-0.25, -0.2) is 4.79 Å². The first-order valence-corrected chi connectivity index (χ1v) is 7.83. The van der Waals surface area contributed by atoms with Crippen LogP contribution in [0.3, 0.4) is 0 Å². The molecule has 19 heavy (non-hydrogen) atoms. The normalized spacial score (nSPS) is 12.2. The molecule has 0 aliphatic heterocycles. The molecule has 0 saturated carbocycles. The van der Waals surface area contributed by atoms with E-state index in [2.05, 4.69) is 37.2 Å². The number of carbonyl (C=O) groups excluding carboxylic acids is 1. The number of halogens is 2. The Morgan fingerprint density at radius 1 is 1.53 bits per heavy atom. The maximum atomic E-state index is 11.9. The van der Waals surface area contributed by atoms with Crippen LogP contribution in [0, 0.1) is 0 Å². The van der Waals surface area contributed by atoms with Crippen LogP contribution < -0.4 is 5.32 Å². The summed E-state index contributed by atoms with van der Waals surface area (Å²) in [6.07, 6.45) is 0.911. The van der Waals surface area contributed by atoms with Crippen LogP contribution in [0.4, 0.5) is 0 Å². The molecule has 1 heterocycles. The fourth-order valence-corrected chi connectivity index (χ4v) is 3.32. The van der Waals surface area contributed by atoms with Crippen LogP contribution in [0.2, 0.25) is 0 Å². The lowest BCUT2D eigenvalue weighted by atomic mass is 10.1. The standard InChI is InChI=1S/C11H13Br2NO4S/c1-18-4-2-3-7(11(16)17)14-10(15)8-5-6(12)9(13)19-8/h5,7H,2-4H2,1H3,(H,14,15)(H,16,17). The molecule has 1 aromatic heterocycles. The molecule has 1 unspecified atom stereocenters. The Kier molecular flexibility index (Phi) is 6.98. The molecule has 1 amide bonds. The predicted octanol–water partition coefficient (Wildman–Crippen LogP) is 2.88. The molecule has 106 valence electrons. The van der Waals surface area contributed by atoms with Gasteiger partial charge in [0.1, 0.15) is 6.04 Å². The maximum Gasteiger partial charge on any atom is 0.326 e. The van der Waals surface area contributed by atoms with Crippen molar-refractivity contribution in [2.24, 2.45) is 0 Å². The first-order chi connectivity index (χ1) is 8.95. The molecule has 1 aromatic rings. The van der Waals surface area contributed by atoms with Crippen molar-refractivity contribution < 1.29 is 19.4 Å². The predicted molar refractivity (Wildman–Crippen MR) is 79.7 cm³/mol. The lowest BCUT2D eigenvalue weighted by Gasteiger charge is -2.13. The van der Waals surface area contributed by atoms with E-state index in [4.69, 9.17) is 9.84 Å². The zero-order valence-electron chi connectivity index (χ0n) is 10.1. The molecule has 0 aliphatic rings. The number of aliphatic carboxylic acids is 1. The minimum atomic E-state index is -1.04. The molecule has 0 fully saturated rings. The van der Waals surface area contributed by atoms with Gasteiger partial charge in [0, 0.05) is 18.2 Å². The van der Waals surface area contributed by atoms with Crippen molar-refractivity contribution in [2.45, 2.75) is 18.9 Å². The number of carboxylic acids is 1. The first-order valence-electron chi connectivity index (χ1n) is 5.43. The molecule has 0 saturated heterocycles. The van der Waals surface area contributed by atoms with Crippen LogP contribution in [0.15, 0.2) is 14.3 Å². The number of nitrogens with one attached hydrogen (secondary N) is 1. The van der Waals surface area contributed by atoms with E-state index in [1.165, 1.54) is 11.3 Å². The summed E-state index contributed by atoms with van der Waals surface area (Å²) in [4.78, 5) is 23.4. The number of hydrogen-bond donors (Lipinski definition) is 2. The van der Waals surface area contributed by atoms with Gasteiger partial charge in [-0.05, 0) is 50.8 Å². The van der Waals surface area contributed by atoms with Gasteiger partial charge in [0.25, 0.3) is 5.91 Å². The lowest BCUT2D eigenvalue weighted by Crippen LogP contribution is -2.40. The van der Waals surface area contributed by atoms with Crippen LogP contribution in [0.5, 0.6) is 0 Å². The molecule has 0 radical (unpaired) electrons. The molecule has 2 N–H and O–H groups in total. The SMILES string of the molecule is COCCCC(NC(=O)c1cc(Br)c(Br)s1)C(=O)O. The van der Waals surface area contributed by atoms with Gasteiger partial charge in [-0.3, -0.25) is 4.79 Å². The second kappa shape index (κ2) is 7.98. The fourth-order valence-electron chi connectivity index (χ4n) is 1.38. The number of carbonyl (C=O) groups is 2. The smallest absolute Gasteiger partial charge is 0.326 e. The fraction of sp³-hybridized carbons (Fsp3) is 0.455. The number of amides is 1. The van der Waals surface area contributed by atoms with E-state index in [1.807, 2.05) is 0 Å². The van der Waals surface area contributed by atoms with Gasteiger partial charge < -0.3 is 15.2 Å². The first kappa shape index (κ1) is 16.6. The average Bonchev–Trinajstić information content (AvgIpc) is 2.68. The summed E-state index contributed by atoms with van der Waals surface area (Å²) in [5, 5.41) is 11.6. The molecule has 0 aromatic carbocycles. The highest BCUT2D eigenvalue weighted by Crippen LogP contribution is 2.32. The van der Waals surface area contributed by atoms with E-state index in [0.717, 1.165) is 8.26 Å². The highest BCUT2D eigenvalue weighted by Gasteiger charge is 2.21. The monoisotopic (exact) mass is 413 g/mol. The van der Waals surface area contributed by atoms with Gasteiger partial charge in [0.05, 0.1) is 8.66 Å². The van der Waals surface area contributed by atoms with Crippen molar-refractivity contribution >= 4 is 55.1 Å². The number of carboxylic acid groups (broad SMARTS) is 1. The highest BCUT2D eigenvalue weighted by atomic mass is 79.9. The second-order valence-corrected chi connectivity index (χ2v) is 6.96. The maximum absolute atomic E-state index is 11.9. The number of methoxy groups -OCH3 is 1. The molecular formula is C11H13Br2NO4S. The molecular weight excluding hydrogens is 402 g/mol. The molecule has 5 nitrogen and oxygen atoms in total. The number of rotatable bonds is 7. The highest BCUT2D eigenvalue weighted by molar-refractivity contribution is 9.13. The van der Waals surface area contributed by atoms with E-state index in [9.17, 15) is 9.59 Å². The second-order valence-electron chi connectivity index (χ2n) is 3.73. The third kappa shape index (κ3) is 5.21. The van der Waals surface area contributed by atoms with Gasteiger partial charge in [-0.15, -0.1) is 11.3 Å². The minimum Gasteiger partial charge on any atom is -0.480 e. The van der Waals surface area contributed by atoms with E-state index < -0.39 is 12.0 Å². The zero-order valence-corrected chi connectivity index (χ0v) is 14.1. The summed E-state index contributed by atoms with van der Waals surface area (Å²) >= 11 is 7.82. The van der Waals surface area contributed by atoms with Crippen LogP contribution >= 0.6 is 43.2 Å². The third-order valence-electron chi connectivity index (χ3n) is 2.31. The summed E-state index contributed by atoms with van der Waals surface area (Å²) in [5.41, 5.74) is 0. The van der Waals surface area contributed by atoms with E-state index in [0.29, 0.717) is 24.3 Å². The number of hydrogen-bond acceptors (Lipinski definition) is 4. The number of thiophene rings is 1. The van der Waals surface area contributed by atoms with Crippen molar-refractivity contribution in [2.75, 3.05) is 13.7 Å². The van der Waals surface area contributed by atoms with E-state index >= 15 is 0 Å².